The number of fused-ring (bicyclic) bond motifs is 1. The molecule has 190 valence electrons. The van der Waals surface area contributed by atoms with Crippen molar-refractivity contribution in [2.24, 2.45) is 5.92 Å². The van der Waals surface area contributed by atoms with Gasteiger partial charge < -0.3 is 19.3 Å². The van der Waals surface area contributed by atoms with E-state index in [2.05, 4.69) is 4.90 Å². The number of benzene rings is 2. The number of likely N-dealkylation sites (tertiary alicyclic amines) is 1. The third-order valence-electron chi connectivity index (χ3n) is 7.42. The van der Waals surface area contributed by atoms with Crippen molar-refractivity contribution in [2.45, 2.75) is 45.3 Å². The molecule has 2 amide bonds. The van der Waals surface area contributed by atoms with E-state index in [-0.39, 0.29) is 29.9 Å². The summed E-state index contributed by atoms with van der Waals surface area (Å²) in [5.74, 6) is -0.280. The van der Waals surface area contributed by atoms with Gasteiger partial charge in [-0.2, -0.15) is 0 Å². The summed E-state index contributed by atoms with van der Waals surface area (Å²) >= 11 is 0. The van der Waals surface area contributed by atoms with Gasteiger partial charge in [0.1, 0.15) is 6.61 Å². The van der Waals surface area contributed by atoms with Crippen LogP contribution in [0.3, 0.4) is 0 Å². The smallest absolute Gasteiger partial charge is 0.414 e. The van der Waals surface area contributed by atoms with Gasteiger partial charge >= 0.3 is 12.1 Å². The average molecular weight is 492 g/mol. The first kappa shape index (κ1) is 24.2. The van der Waals surface area contributed by atoms with Gasteiger partial charge in [0.25, 0.3) is 5.91 Å². The molecule has 0 aromatic heterocycles. The number of para-hydroxylation sites is 1. The Hall–Kier alpha value is -3.55. The first-order valence-electron chi connectivity index (χ1n) is 12.9. The molecule has 2 fully saturated rings. The maximum absolute atomic E-state index is 13.4. The lowest BCUT2D eigenvalue weighted by molar-refractivity contribution is -0.148. The molecule has 8 nitrogen and oxygen atoms in total. The van der Waals surface area contributed by atoms with E-state index in [1.165, 1.54) is 0 Å². The maximum atomic E-state index is 13.4. The van der Waals surface area contributed by atoms with Crippen molar-refractivity contribution in [1.82, 2.24) is 4.90 Å². The van der Waals surface area contributed by atoms with Crippen LogP contribution < -0.4 is 9.80 Å². The third-order valence-corrected chi connectivity index (χ3v) is 7.42. The van der Waals surface area contributed by atoms with Gasteiger partial charge in [0, 0.05) is 49.0 Å². The van der Waals surface area contributed by atoms with Crippen LogP contribution in [0.15, 0.2) is 48.5 Å². The number of cyclic esters (lactones) is 1. The van der Waals surface area contributed by atoms with E-state index in [1.54, 1.807) is 4.90 Å². The Kier molecular flexibility index (Phi) is 7.11. The highest BCUT2D eigenvalue weighted by Gasteiger charge is 2.35. The van der Waals surface area contributed by atoms with Gasteiger partial charge in [-0.15, -0.1) is 0 Å². The second-order valence-electron chi connectivity index (χ2n) is 9.66. The molecule has 3 aliphatic heterocycles. The molecule has 0 N–H and O–H groups in total. The first-order valence-corrected chi connectivity index (χ1v) is 12.9. The van der Waals surface area contributed by atoms with Crippen LogP contribution in [0.2, 0.25) is 0 Å². The molecule has 2 saturated heterocycles. The fraction of sp³-hybridized carbons (Fsp3) is 0.464. The molecule has 5 rings (SSSR count). The molecule has 0 radical (unpaired) electrons. The average Bonchev–Trinajstić information content (AvgIpc) is 2.93. The zero-order valence-electron chi connectivity index (χ0n) is 20.7. The van der Waals surface area contributed by atoms with Crippen LogP contribution >= 0.6 is 0 Å². The second kappa shape index (κ2) is 10.6. The van der Waals surface area contributed by atoms with Crippen LogP contribution in [0.25, 0.3) is 0 Å². The van der Waals surface area contributed by atoms with Gasteiger partial charge in [0.15, 0.2) is 0 Å². The number of rotatable bonds is 5. The van der Waals surface area contributed by atoms with Gasteiger partial charge in [-0.1, -0.05) is 24.3 Å². The van der Waals surface area contributed by atoms with E-state index in [9.17, 15) is 14.4 Å². The van der Waals surface area contributed by atoms with E-state index in [0.29, 0.717) is 51.3 Å². The summed E-state index contributed by atoms with van der Waals surface area (Å²) in [7, 11) is 0. The lowest BCUT2D eigenvalue weighted by atomic mass is 9.97. The molecular formula is C28H33N3O5. The number of anilines is 2. The SMILES string of the molecule is CCOC(=O)C1CCCN(c2cccc(C(=O)N3CCC(N4C(=O)OCc5ccccc54)CC3)c2)C1. The standard InChI is InChI=1S/C28H33N3O5/c1-2-35-27(33)21-9-6-14-30(18-21)24-10-5-8-20(17-24)26(32)29-15-12-23(13-16-29)31-25-11-4-3-7-22(25)19-36-28(31)34/h3-5,7-8,10-11,17,21,23H,2,6,9,12-16,18-19H2,1H3. The van der Waals surface area contributed by atoms with Crippen molar-refractivity contribution in [3.05, 3.63) is 59.7 Å². The number of nitrogens with zero attached hydrogens (tertiary/aromatic N) is 3. The van der Waals surface area contributed by atoms with Gasteiger partial charge in [-0.25, -0.2) is 4.79 Å². The monoisotopic (exact) mass is 491 g/mol. The van der Waals surface area contributed by atoms with Crippen molar-refractivity contribution >= 4 is 29.3 Å². The molecule has 8 heteroatoms. The topological polar surface area (TPSA) is 79.4 Å². The predicted octanol–water partition coefficient (Wildman–Crippen LogP) is 4.23. The molecular weight excluding hydrogens is 458 g/mol. The summed E-state index contributed by atoms with van der Waals surface area (Å²) in [6.45, 7) is 5.13. The van der Waals surface area contributed by atoms with E-state index in [1.807, 2.05) is 60.4 Å². The Morgan fingerprint density at radius 1 is 1.03 bits per heavy atom. The van der Waals surface area contributed by atoms with Gasteiger partial charge in [0.2, 0.25) is 0 Å². The Bertz CT molecular complexity index is 1130. The first-order chi connectivity index (χ1) is 17.5. The molecule has 0 spiro atoms. The highest BCUT2D eigenvalue weighted by atomic mass is 16.6. The maximum Gasteiger partial charge on any atom is 0.414 e. The van der Waals surface area contributed by atoms with Crippen molar-refractivity contribution in [1.29, 1.82) is 0 Å². The van der Waals surface area contributed by atoms with Crippen LogP contribution in [0.1, 0.15) is 48.5 Å². The molecule has 36 heavy (non-hydrogen) atoms. The molecule has 0 aliphatic carbocycles. The van der Waals surface area contributed by atoms with Gasteiger partial charge in [-0.3, -0.25) is 14.5 Å². The quantitative estimate of drug-likeness (QED) is 0.583. The highest BCUT2D eigenvalue weighted by Crippen LogP contribution is 2.32. The summed E-state index contributed by atoms with van der Waals surface area (Å²) in [5.41, 5.74) is 3.52. The number of esters is 1. The number of amides is 2. The summed E-state index contributed by atoms with van der Waals surface area (Å²) in [6.07, 6.45) is 2.83. The van der Waals surface area contributed by atoms with Crippen LogP contribution in [0, 0.1) is 5.92 Å². The Labute approximate surface area is 211 Å². The van der Waals surface area contributed by atoms with Crippen LogP contribution in [-0.2, 0) is 20.9 Å². The Morgan fingerprint density at radius 3 is 2.64 bits per heavy atom. The van der Waals surface area contributed by atoms with Crippen molar-refractivity contribution in [3.63, 3.8) is 0 Å². The normalized spacial score (nSPS) is 20.5. The largest absolute Gasteiger partial charge is 0.466 e. The van der Waals surface area contributed by atoms with Crippen molar-refractivity contribution in [3.8, 4) is 0 Å². The van der Waals surface area contributed by atoms with E-state index >= 15 is 0 Å². The fourth-order valence-corrected chi connectivity index (χ4v) is 5.53. The van der Waals surface area contributed by atoms with Gasteiger partial charge in [-0.05, 0) is 56.9 Å². The molecule has 1 atom stereocenters. The van der Waals surface area contributed by atoms with Crippen LogP contribution in [-0.4, -0.2) is 61.7 Å². The Balaban J connectivity index is 1.23. The number of carbonyl (C=O) groups is 3. The molecule has 0 saturated carbocycles. The fourth-order valence-electron chi connectivity index (χ4n) is 5.53. The molecule has 3 aliphatic rings. The summed E-state index contributed by atoms with van der Waals surface area (Å²) in [4.78, 5) is 44.0. The number of carbonyl (C=O) groups excluding carboxylic acids is 3. The minimum atomic E-state index is -0.311. The van der Waals surface area contributed by atoms with Gasteiger partial charge in [0.05, 0.1) is 18.2 Å². The highest BCUT2D eigenvalue weighted by molar-refractivity contribution is 5.95. The Morgan fingerprint density at radius 2 is 1.83 bits per heavy atom. The predicted molar refractivity (Wildman–Crippen MR) is 136 cm³/mol. The molecule has 0 bridgehead atoms. The molecule has 1 unspecified atom stereocenters. The number of piperidine rings is 2. The third kappa shape index (κ3) is 4.90. The summed E-state index contributed by atoms with van der Waals surface area (Å²) in [6, 6.07) is 15.5. The van der Waals surface area contributed by atoms with Crippen LogP contribution in [0.4, 0.5) is 16.2 Å². The lowest BCUT2D eigenvalue weighted by Crippen LogP contribution is -2.50. The lowest BCUT2D eigenvalue weighted by Gasteiger charge is -2.40. The van der Waals surface area contributed by atoms with Crippen molar-refractivity contribution < 1.29 is 23.9 Å². The number of ether oxygens (including phenoxy) is 2. The zero-order chi connectivity index (χ0) is 25.1. The number of hydrogen-bond donors (Lipinski definition) is 0. The molecule has 2 aromatic carbocycles. The second-order valence-corrected chi connectivity index (χ2v) is 9.66. The molecule has 3 heterocycles. The number of hydrogen-bond acceptors (Lipinski definition) is 6. The summed E-state index contributed by atoms with van der Waals surface area (Å²) in [5, 5.41) is 0. The molecule has 2 aromatic rings. The van der Waals surface area contributed by atoms with Crippen LogP contribution in [0.5, 0.6) is 0 Å². The van der Waals surface area contributed by atoms with E-state index in [0.717, 1.165) is 36.3 Å². The summed E-state index contributed by atoms with van der Waals surface area (Å²) < 4.78 is 10.6. The zero-order valence-corrected chi connectivity index (χ0v) is 20.7. The minimum absolute atomic E-state index is 0.00231. The van der Waals surface area contributed by atoms with E-state index < -0.39 is 0 Å². The van der Waals surface area contributed by atoms with E-state index in [4.69, 9.17) is 9.47 Å². The van der Waals surface area contributed by atoms with Crippen molar-refractivity contribution in [2.75, 3.05) is 42.6 Å². The minimum Gasteiger partial charge on any atom is -0.466 e.